The fraction of sp³-hybridized carbons (Fsp3) is 0.238. The zero-order valence-corrected chi connectivity index (χ0v) is 15.2. The Kier molecular flexibility index (Phi) is 4.89. The monoisotopic (exact) mass is 377 g/mol. The average Bonchev–Trinajstić information content (AvgIpc) is 3.26. The third-order valence-electron chi connectivity index (χ3n) is 4.93. The second-order valence-corrected chi connectivity index (χ2v) is 6.72. The van der Waals surface area contributed by atoms with Crippen LogP contribution in [0.25, 0.3) is 10.9 Å². The zero-order valence-electron chi connectivity index (χ0n) is 15.2. The van der Waals surface area contributed by atoms with Gasteiger partial charge in [-0.25, -0.2) is 4.79 Å². The van der Waals surface area contributed by atoms with Crippen LogP contribution in [-0.4, -0.2) is 29.0 Å². The van der Waals surface area contributed by atoms with E-state index in [1.54, 1.807) is 12.3 Å². The van der Waals surface area contributed by atoms with Crippen LogP contribution in [0.1, 0.15) is 28.8 Å². The molecular weight excluding hydrogens is 358 g/mol. The lowest BCUT2D eigenvalue weighted by atomic mass is 10.1. The third-order valence-corrected chi connectivity index (χ3v) is 4.93. The minimum Gasteiger partial charge on any atom is -0.457 e. The van der Waals surface area contributed by atoms with Gasteiger partial charge in [0.05, 0.1) is 21.7 Å². The molecule has 1 fully saturated rings. The Morgan fingerprint density at radius 2 is 1.93 bits per heavy atom. The molecule has 7 heteroatoms. The molecule has 2 aromatic carbocycles. The number of pyridine rings is 1. The van der Waals surface area contributed by atoms with Crippen molar-refractivity contribution in [2.24, 2.45) is 0 Å². The van der Waals surface area contributed by atoms with Crippen molar-refractivity contribution < 1.29 is 14.5 Å². The van der Waals surface area contributed by atoms with Crippen LogP contribution in [0.15, 0.2) is 54.7 Å². The van der Waals surface area contributed by atoms with Gasteiger partial charge in [0.2, 0.25) is 0 Å². The van der Waals surface area contributed by atoms with Gasteiger partial charge >= 0.3 is 5.97 Å². The van der Waals surface area contributed by atoms with Crippen molar-refractivity contribution in [2.45, 2.75) is 19.4 Å². The van der Waals surface area contributed by atoms with Crippen molar-refractivity contribution in [3.05, 3.63) is 76.0 Å². The van der Waals surface area contributed by atoms with E-state index < -0.39 is 10.9 Å². The summed E-state index contributed by atoms with van der Waals surface area (Å²) < 4.78 is 5.53. The number of ether oxygens (including phenoxy) is 1. The maximum Gasteiger partial charge on any atom is 0.340 e. The summed E-state index contributed by atoms with van der Waals surface area (Å²) in [6.07, 6.45) is 3.76. The number of carbonyl (C=O) groups excluding carboxylic acids is 1. The number of fused-ring (bicyclic) bond motifs is 1. The normalized spacial score (nSPS) is 13.6. The number of para-hydroxylation sites is 1. The molecule has 0 atom stereocenters. The quantitative estimate of drug-likeness (QED) is 0.378. The predicted octanol–water partition coefficient (Wildman–Crippen LogP) is 4.10. The molecule has 0 unspecified atom stereocenters. The topological polar surface area (TPSA) is 85.6 Å². The van der Waals surface area contributed by atoms with Crippen LogP contribution < -0.4 is 4.90 Å². The molecule has 1 aromatic heterocycles. The molecule has 1 aliphatic heterocycles. The van der Waals surface area contributed by atoms with Gasteiger partial charge in [0.1, 0.15) is 6.61 Å². The summed E-state index contributed by atoms with van der Waals surface area (Å²) in [5.41, 5.74) is 2.35. The van der Waals surface area contributed by atoms with Gasteiger partial charge in [-0.2, -0.15) is 0 Å². The highest BCUT2D eigenvalue weighted by Crippen LogP contribution is 2.29. The summed E-state index contributed by atoms with van der Waals surface area (Å²) in [5, 5.41) is 12.1. The maximum absolute atomic E-state index is 12.8. The molecule has 0 N–H and O–H groups in total. The van der Waals surface area contributed by atoms with Gasteiger partial charge in [0.15, 0.2) is 0 Å². The Hall–Kier alpha value is -3.48. The van der Waals surface area contributed by atoms with Crippen LogP contribution in [0.4, 0.5) is 11.4 Å². The number of aromatic nitrogens is 1. The van der Waals surface area contributed by atoms with E-state index in [-0.39, 0.29) is 17.9 Å². The van der Waals surface area contributed by atoms with E-state index in [9.17, 15) is 14.9 Å². The molecular formula is C21H19N3O4. The van der Waals surface area contributed by atoms with Gasteiger partial charge in [-0.15, -0.1) is 0 Å². The van der Waals surface area contributed by atoms with Gasteiger partial charge in [0, 0.05) is 42.4 Å². The number of carbonyl (C=O) groups is 1. The molecule has 28 heavy (non-hydrogen) atoms. The van der Waals surface area contributed by atoms with Crippen LogP contribution in [0.2, 0.25) is 0 Å². The fourth-order valence-corrected chi connectivity index (χ4v) is 3.54. The van der Waals surface area contributed by atoms with E-state index in [1.165, 1.54) is 12.1 Å². The standard InChI is InChI=1S/C21H19N3O4/c25-21(28-14-16-6-3-5-15-7-4-10-22-20(15)16)18-13-17(24(26)27)8-9-19(18)23-11-1-2-12-23/h3-10,13H,1-2,11-12,14H2. The fourth-order valence-electron chi connectivity index (χ4n) is 3.54. The highest BCUT2D eigenvalue weighted by molar-refractivity contribution is 5.97. The number of hydrogen-bond donors (Lipinski definition) is 0. The molecule has 0 bridgehead atoms. The minimum atomic E-state index is -0.571. The molecule has 142 valence electrons. The largest absolute Gasteiger partial charge is 0.457 e. The summed E-state index contributed by atoms with van der Waals surface area (Å²) >= 11 is 0. The van der Waals surface area contributed by atoms with Crippen molar-refractivity contribution in [3.63, 3.8) is 0 Å². The lowest BCUT2D eigenvalue weighted by Gasteiger charge is -2.20. The highest BCUT2D eigenvalue weighted by Gasteiger charge is 2.23. The van der Waals surface area contributed by atoms with Crippen LogP contribution in [0.3, 0.4) is 0 Å². The van der Waals surface area contributed by atoms with Gasteiger partial charge in [-0.05, 0) is 25.0 Å². The summed E-state index contributed by atoms with van der Waals surface area (Å²) in [4.78, 5) is 29.9. The molecule has 7 nitrogen and oxygen atoms in total. The van der Waals surface area contributed by atoms with Crippen LogP contribution in [0, 0.1) is 10.1 Å². The van der Waals surface area contributed by atoms with Crippen LogP contribution in [-0.2, 0) is 11.3 Å². The van der Waals surface area contributed by atoms with Crippen LogP contribution >= 0.6 is 0 Å². The predicted molar refractivity (Wildman–Crippen MR) is 105 cm³/mol. The summed E-state index contributed by atoms with van der Waals surface area (Å²) in [7, 11) is 0. The Labute approximate surface area is 161 Å². The Balaban J connectivity index is 1.61. The summed E-state index contributed by atoms with van der Waals surface area (Å²) in [5.74, 6) is -0.571. The molecule has 1 aliphatic rings. The van der Waals surface area contributed by atoms with E-state index in [4.69, 9.17) is 4.74 Å². The number of non-ortho nitro benzene ring substituents is 1. The number of nitrogens with zero attached hydrogens (tertiary/aromatic N) is 3. The second kappa shape index (κ2) is 7.64. The molecule has 4 rings (SSSR count). The molecule has 0 spiro atoms. The number of rotatable bonds is 5. The number of nitro benzene ring substituents is 1. The van der Waals surface area contributed by atoms with E-state index in [2.05, 4.69) is 9.88 Å². The van der Waals surface area contributed by atoms with Crippen molar-refractivity contribution in [3.8, 4) is 0 Å². The first-order valence-electron chi connectivity index (χ1n) is 9.16. The molecule has 3 aromatic rings. The first-order valence-corrected chi connectivity index (χ1v) is 9.16. The van der Waals surface area contributed by atoms with Gasteiger partial charge < -0.3 is 9.64 Å². The van der Waals surface area contributed by atoms with Gasteiger partial charge in [0.25, 0.3) is 5.69 Å². The van der Waals surface area contributed by atoms with Crippen molar-refractivity contribution >= 4 is 28.2 Å². The first-order chi connectivity index (χ1) is 13.6. The van der Waals surface area contributed by atoms with E-state index >= 15 is 0 Å². The average molecular weight is 377 g/mol. The van der Waals surface area contributed by atoms with Crippen molar-refractivity contribution in [2.75, 3.05) is 18.0 Å². The van der Waals surface area contributed by atoms with E-state index in [0.717, 1.165) is 42.4 Å². The number of benzene rings is 2. The van der Waals surface area contributed by atoms with Crippen molar-refractivity contribution in [1.29, 1.82) is 0 Å². The Morgan fingerprint density at radius 1 is 1.14 bits per heavy atom. The molecule has 0 radical (unpaired) electrons. The molecule has 0 amide bonds. The number of esters is 1. The number of nitro groups is 1. The zero-order chi connectivity index (χ0) is 19.5. The first kappa shape index (κ1) is 17.9. The molecule has 0 saturated carbocycles. The smallest absolute Gasteiger partial charge is 0.340 e. The minimum absolute atomic E-state index is 0.0509. The van der Waals surface area contributed by atoms with Crippen molar-refractivity contribution in [1.82, 2.24) is 4.98 Å². The number of hydrogen-bond acceptors (Lipinski definition) is 6. The highest BCUT2D eigenvalue weighted by atomic mass is 16.6. The second-order valence-electron chi connectivity index (χ2n) is 6.72. The summed E-state index contributed by atoms with van der Waals surface area (Å²) in [6, 6.07) is 13.9. The third kappa shape index (κ3) is 3.51. The van der Waals surface area contributed by atoms with E-state index in [0.29, 0.717) is 5.69 Å². The maximum atomic E-state index is 12.8. The Morgan fingerprint density at radius 3 is 2.71 bits per heavy atom. The van der Waals surface area contributed by atoms with Crippen LogP contribution in [0.5, 0.6) is 0 Å². The molecule has 2 heterocycles. The van der Waals surface area contributed by atoms with Gasteiger partial charge in [-0.3, -0.25) is 15.1 Å². The van der Waals surface area contributed by atoms with E-state index in [1.807, 2.05) is 30.3 Å². The van der Waals surface area contributed by atoms with Gasteiger partial charge in [-0.1, -0.05) is 24.3 Å². The lowest BCUT2D eigenvalue weighted by molar-refractivity contribution is -0.384. The number of anilines is 1. The molecule has 1 saturated heterocycles. The molecule has 0 aliphatic carbocycles. The lowest BCUT2D eigenvalue weighted by Crippen LogP contribution is -2.21. The Bertz CT molecular complexity index is 1040. The SMILES string of the molecule is O=C(OCc1cccc2cccnc12)c1cc([N+](=O)[O-])ccc1N1CCCC1. The summed E-state index contributed by atoms with van der Waals surface area (Å²) in [6.45, 7) is 1.70.